The molecule has 2 aliphatic rings. The van der Waals surface area contributed by atoms with Crippen LogP contribution >= 0.6 is 11.6 Å². The molecule has 1 aromatic carbocycles. The molecule has 1 saturated carbocycles. The van der Waals surface area contributed by atoms with Crippen LogP contribution < -0.4 is 10.1 Å². The highest BCUT2D eigenvalue weighted by Crippen LogP contribution is 2.38. The van der Waals surface area contributed by atoms with E-state index in [0.717, 1.165) is 30.6 Å². The third kappa shape index (κ3) is 2.80. The van der Waals surface area contributed by atoms with E-state index < -0.39 is 0 Å². The van der Waals surface area contributed by atoms with Gasteiger partial charge in [0.15, 0.2) is 0 Å². The molecule has 0 bridgehead atoms. The van der Waals surface area contributed by atoms with Gasteiger partial charge >= 0.3 is 0 Å². The lowest BCUT2D eigenvalue weighted by molar-refractivity contribution is 0.137. The van der Waals surface area contributed by atoms with E-state index in [4.69, 9.17) is 16.3 Å². The molecule has 3 nitrogen and oxygen atoms in total. The Morgan fingerprint density at radius 2 is 2.10 bits per heavy atom. The molecule has 3 unspecified atom stereocenters. The monoisotopic (exact) mass is 295 g/mol. The average molecular weight is 296 g/mol. The van der Waals surface area contributed by atoms with Gasteiger partial charge in [0.1, 0.15) is 5.75 Å². The summed E-state index contributed by atoms with van der Waals surface area (Å²) < 4.78 is 5.71. The van der Waals surface area contributed by atoms with Crippen LogP contribution in [0.15, 0.2) is 18.2 Å². The fourth-order valence-electron chi connectivity index (χ4n) is 3.46. The minimum absolute atomic E-state index is 0.281. The Hall–Kier alpha value is -0.770. The van der Waals surface area contributed by atoms with E-state index in [2.05, 4.69) is 11.4 Å². The molecule has 1 aliphatic heterocycles. The van der Waals surface area contributed by atoms with Crippen LogP contribution in [0.1, 0.15) is 43.7 Å². The number of hydrogen-bond donors (Lipinski definition) is 2. The predicted octanol–water partition coefficient (Wildman–Crippen LogP) is 3.30. The molecule has 4 heteroatoms. The predicted molar refractivity (Wildman–Crippen MR) is 80.3 cm³/mol. The Labute approximate surface area is 125 Å². The number of rotatable bonds is 3. The van der Waals surface area contributed by atoms with Gasteiger partial charge in [-0.3, -0.25) is 0 Å². The van der Waals surface area contributed by atoms with Crippen LogP contribution in [0.5, 0.6) is 5.75 Å². The summed E-state index contributed by atoms with van der Waals surface area (Å²) >= 11 is 6.21. The second-order valence-corrected chi connectivity index (χ2v) is 6.26. The number of ether oxygens (including phenoxy) is 1. The molecule has 0 amide bonds. The van der Waals surface area contributed by atoms with Crippen molar-refractivity contribution in [1.82, 2.24) is 5.32 Å². The van der Waals surface area contributed by atoms with Crippen LogP contribution in [0.3, 0.4) is 0 Å². The summed E-state index contributed by atoms with van der Waals surface area (Å²) in [6.07, 6.45) is 5.72. The largest absolute Gasteiger partial charge is 0.492 e. The lowest BCUT2D eigenvalue weighted by Gasteiger charge is -2.36. The molecule has 1 fully saturated rings. The van der Waals surface area contributed by atoms with Crippen LogP contribution in [-0.4, -0.2) is 24.4 Å². The van der Waals surface area contributed by atoms with E-state index in [1.807, 2.05) is 12.1 Å². The van der Waals surface area contributed by atoms with Crippen molar-refractivity contribution >= 4 is 11.6 Å². The number of aliphatic hydroxyl groups excluding tert-OH is 1. The maximum atomic E-state index is 9.54. The number of halogens is 1. The number of benzene rings is 1. The molecule has 2 N–H and O–H groups in total. The summed E-state index contributed by atoms with van der Waals surface area (Å²) in [5.41, 5.74) is 1.16. The Balaban J connectivity index is 1.77. The molecular weight excluding hydrogens is 274 g/mol. The Morgan fingerprint density at radius 3 is 2.95 bits per heavy atom. The lowest BCUT2D eigenvalue weighted by Crippen LogP contribution is -2.43. The standard InChI is InChI=1S/C16H22ClNO2/c17-13-6-3-5-12-15(8-9-20-16(12)13)18-14-7-2-1-4-11(14)10-19/h3,5-6,11,14-15,18-19H,1-2,4,7-10H2. The normalized spacial score (nSPS) is 29.6. The summed E-state index contributed by atoms with van der Waals surface area (Å²) in [4.78, 5) is 0. The van der Waals surface area contributed by atoms with Gasteiger partial charge in [-0.15, -0.1) is 0 Å². The highest BCUT2D eigenvalue weighted by atomic mass is 35.5. The summed E-state index contributed by atoms with van der Waals surface area (Å²) in [6.45, 7) is 0.980. The van der Waals surface area contributed by atoms with Crippen LogP contribution in [0.2, 0.25) is 5.02 Å². The Morgan fingerprint density at radius 1 is 1.25 bits per heavy atom. The summed E-state index contributed by atoms with van der Waals surface area (Å²) in [6, 6.07) is 6.64. The van der Waals surface area contributed by atoms with Crippen molar-refractivity contribution in [2.75, 3.05) is 13.2 Å². The Kier molecular flexibility index (Phi) is 4.49. The summed E-state index contributed by atoms with van der Waals surface area (Å²) in [5.74, 6) is 1.21. The zero-order valence-corrected chi connectivity index (χ0v) is 12.4. The molecule has 1 heterocycles. The van der Waals surface area contributed by atoms with Crippen LogP contribution in [-0.2, 0) is 0 Å². The zero-order chi connectivity index (χ0) is 13.9. The number of para-hydroxylation sites is 1. The molecule has 0 saturated heterocycles. The minimum Gasteiger partial charge on any atom is -0.492 e. The average Bonchev–Trinajstić information content (AvgIpc) is 2.49. The van der Waals surface area contributed by atoms with Gasteiger partial charge in [0, 0.05) is 30.7 Å². The molecular formula is C16H22ClNO2. The molecule has 20 heavy (non-hydrogen) atoms. The van der Waals surface area contributed by atoms with Gasteiger partial charge in [-0.2, -0.15) is 0 Å². The highest BCUT2D eigenvalue weighted by Gasteiger charge is 2.30. The number of aliphatic hydroxyl groups is 1. The van der Waals surface area contributed by atoms with Crippen molar-refractivity contribution in [3.05, 3.63) is 28.8 Å². The van der Waals surface area contributed by atoms with E-state index in [-0.39, 0.29) is 12.6 Å². The van der Waals surface area contributed by atoms with Crippen molar-refractivity contribution in [2.45, 2.75) is 44.2 Å². The van der Waals surface area contributed by atoms with Crippen molar-refractivity contribution < 1.29 is 9.84 Å². The van der Waals surface area contributed by atoms with Crippen LogP contribution in [0.4, 0.5) is 0 Å². The van der Waals surface area contributed by atoms with Gasteiger partial charge in [-0.05, 0) is 24.8 Å². The van der Waals surface area contributed by atoms with E-state index in [1.54, 1.807) is 0 Å². The molecule has 1 aromatic rings. The van der Waals surface area contributed by atoms with E-state index in [0.29, 0.717) is 23.6 Å². The number of fused-ring (bicyclic) bond motifs is 1. The molecule has 1 aliphatic carbocycles. The first-order valence-electron chi connectivity index (χ1n) is 7.57. The summed E-state index contributed by atoms with van der Waals surface area (Å²) in [7, 11) is 0. The smallest absolute Gasteiger partial charge is 0.142 e. The van der Waals surface area contributed by atoms with E-state index in [9.17, 15) is 5.11 Å². The van der Waals surface area contributed by atoms with Gasteiger partial charge < -0.3 is 15.2 Å². The maximum absolute atomic E-state index is 9.54. The minimum atomic E-state index is 0.281. The van der Waals surface area contributed by atoms with Gasteiger partial charge in [-0.1, -0.05) is 36.6 Å². The zero-order valence-electron chi connectivity index (χ0n) is 11.6. The number of hydrogen-bond acceptors (Lipinski definition) is 3. The van der Waals surface area contributed by atoms with Gasteiger partial charge in [0.05, 0.1) is 11.6 Å². The van der Waals surface area contributed by atoms with E-state index >= 15 is 0 Å². The van der Waals surface area contributed by atoms with Crippen molar-refractivity contribution in [1.29, 1.82) is 0 Å². The third-order valence-corrected chi connectivity index (χ3v) is 4.88. The van der Waals surface area contributed by atoms with Crippen LogP contribution in [0, 0.1) is 5.92 Å². The van der Waals surface area contributed by atoms with Crippen LogP contribution in [0.25, 0.3) is 0 Å². The van der Waals surface area contributed by atoms with Gasteiger partial charge in [-0.25, -0.2) is 0 Å². The molecule has 3 atom stereocenters. The third-order valence-electron chi connectivity index (χ3n) is 4.58. The topological polar surface area (TPSA) is 41.5 Å². The Bertz CT molecular complexity index is 466. The molecule has 0 aromatic heterocycles. The van der Waals surface area contributed by atoms with Crippen molar-refractivity contribution in [3.8, 4) is 5.75 Å². The second-order valence-electron chi connectivity index (χ2n) is 5.85. The van der Waals surface area contributed by atoms with E-state index in [1.165, 1.54) is 12.8 Å². The second kappa shape index (κ2) is 6.33. The molecule has 0 radical (unpaired) electrons. The molecule has 0 spiro atoms. The van der Waals surface area contributed by atoms with Crippen molar-refractivity contribution in [3.63, 3.8) is 0 Å². The first-order chi connectivity index (χ1) is 9.79. The fourth-order valence-corrected chi connectivity index (χ4v) is 3.70. The first-order valence-corrected chi connectivity index (χ1v) is 7.95. The quantitative estimate of drug-likeness (QED) is 0.899. The maximum Gasteiger partial charge on any atom is 0.142 e. The SMILES string of the molecule is OCC1CCCCC1NC1CCOc2c(Cl)cccc21. The van der Waals surface area contributed by atoms with Gasteiger partial charge in [0.25, 0.3) is 0 Å². The molecule has 3 rings (SSSR count). The highest BCUT2D eigenvalue weighted by molar-refractivity contribution is 6.32. The number of nitrogens with one attached hydrogen (secondary N) is 1. The summed E-state index contributed by atoms with van der Waals surface area (Å²) in [5, 5.41) is 14.0. The van der Waals surface area contributed by atoms with Gasteiger partial charge in [0.2, 0.25) is 0 Å². The fraction of sp³-hybridized carbons (Fsp3) is 0.625. The van der Waals surface area contributed by atoms with Crippen molar-refractivity contribution in [2.24, 2.45) is 5.92 Å². The molecule has 110 valence electrons. The lowest BCUT2D eigenvalue weighted by atomic mass is 9.84. The first kappa shape index (κ1) is 14.2.